The van der Waals surface area contributed by atoms with Gasteiger partial charge in [0.05, 0.1) is 24.9 Å². The number of nitrogens with one attached hydrogen (secondary N) is 1. The molecule has 4 aliphatic rings. The zero-order chi connectivity index (χ0) is 38.3. The van der Waals surface area contributed by atoms with Crippen molar-refractivity contribution < 1.29 is 33.6 Å². The molecule has 4 aliphatic heterocycles. The third kappa shape index (κ3) is 7.89. The molecule has 4 aromatic rings. The van der Waals surface area contributed by atoms with Gasteiger partial charge < -0.3 is 34.6 Å². The molecule has 4 saturated heterocycles. The first-order valence-electron chi connectivity index (χ1n) is 19.8. The predicted molar refractivity (Wildman–Crippen MR) is 209 cm³/mol. The van der Waals surface area contributed by atoms with Gasteiger partial charge in [0.2, 0.25) is 0 Å². The number of ether oxygens (including phenoxy) is 3. The number of rotatable bonds is 12. The number of aromatic nitrogens is 2. The first-order valence-corrected chi connectivity index (χ1v) is 19.8. The van der Waals surface area contributed by atoms with E-state index < -0.39 is 23.6 Å². The second-order valence-corrected chi connectivity index (χ2v) is 16.7. The van der Waals surface area contributed by atoms with Gasteiger partial charge in [-0.05, 0) is 107 Å². The lowest BCUT2D eigenvalue weighted by molar-refractivity contribution is 0.00420. The number of aromatic hydroxyl groups is 1. The van der Waals surface area contributed by atoms with Crippen molar-refractivity contribution in [2.45, 2.75) is 88.6 Å². The summed E-state index contributed by atoms with van der Waals surface area (Å²) in [6.45, 7) is 10.5. The van der Waals surface area contributed by atoms with E-state index >= 15 is 4.39 Å². The first kappa shape index (κ1) is 37.6. The number of amides is 1. The topological polar surface area (TPSA) is 133 Å². The molecule has 12 nitrogen and oxygen atoms in total. The average molecular weight is 757 g/mol. The van der Waals surface area contributed by atoms with Crippen molar-refractivity contribution in [3.63, 3.8) is 0 Å². The summed E-state index contributed by atoms with van der Waals surface area (Å²) >= 11 is 0. The van der Waals surface area contributed by atoms with Gasteiger partial charge in [-0.15, -0.1) is 0 Å². The van der Waals surface area contributed by atoms with Crippen molar-refractivity contribution in [1.82, 2.24) is 25.1 Å². The fourth-order valence-corrected chi connectivity index (χ4v) is 9.33. The Hall–Kier alpha value is -4.30. The van der Waals surface area contributed by atoms with Crippen LogP contribution in [0.15, 0.2) is 48.5 Å². The molecule has 0 spiro atoms. The van der Waals surface area contributed by atoms with Gasteiger partial charge in [-0.1, -0.05) is 30.3 Å². The minimum atomic E-state index is -0.692. The van der Waals surface area contributed by atoms with Crippen LogP contribution in [0.5, 0.6) is 11.8 Å². The van der Waals surface area contributed by atoms with Crippen LogP contribution in [0.4, 0.5) is 15.0 Å². The van der Waals surface area contributed by atoms with E-state index in [1.165, 1.54) is 0 Å². The molecule has 0 radical (unpaired) electrons. The average Bonchev–Trinajstić information content (AvgIpc) is 3.79. The maximum atomic E-state index is 17.0. The summed E-state index contributed by atoms with van der Waals surface area (Å²) in [6.07, 6.45) is 5.18. The minimum absolute atomic E-state index is 0.0246. The molecule has 1 amide bonds. The van der Waals surface area contributed by atoms with Crippen molar-refractivity contribution in [2.75, 3.05) is 64.0 Å². The molecule has 0 saturated carbocycles. The molecular weight excluding hydrogens is 703 g/mol. The quantitative estimate of drug-likeness (QED) is 0.150. The fraction of sp³-hybridized carbons (Fsp3) is 0.548. The second kappa shape index (κ2) is 15.3. The Balaban J connectivity index is 1.02. The second-order valence-electron chi connectivity index (χ2n) is 16.7. The number of hydrogen-bond acceptors (Lipinski definition) is 11. The molecule has 3 aromatic carbocycles. The van der Waals surface area contributed by atoms with Crippen LogP contribution in [0.2, 0.25) is 0 Å². The number of halogens is 1. The molecule has 3 atom stereocenters. The van der Waals surface area contributed by atoms with E-state index in [1.807, 2.05) is 51.1 Å². The van der Waals surface area contributed by atoms with Crippen LogP contribution < -0.4 is 15.0 Å². The number of piperazine rings is 1. The van der Waals surface area contributed by atoms with Crippen LogP contribution in [0.1, 0.15) is 59.3 Å². The SMILES string of the molecule is CC(C)(C)OC(=O)NCCOCC(O)CN1C2CCC1CN(c1nc(OCC34CCCN3CCC4)nc3c(F)c(-c4cc(O)cc5ccccc45)ccc13)C2. The smallest absolute Gasteiger partial charge is 0.407 e. The number of phenolic OH excluding ortho intramolecular Hbond substituents is 1. The van der Waals surface area contributed by atoms with E-state index in [9.17, 15) is 15.0 Å². The highest BCUT2D eigenvalue weighted by Gasteiger charge is 2.45. The van der Waals surface area contributed by atoms with Crippen molar-refractivity contribution >= 4 is 33.6 Å². The summed E-state index contributed by atoms with van der Waals surface area (Å²) in [4.78, 5) is 28.8. The molecule has 13 heteroatoms. The van der Waals surface area contributed by atoms with Crippen molar-refractivity contribution in [1.29, 1.82) is 0 Å². The Morgan fingerprint density at radius 3 is 2.51 bits per heavy atom. The highest BCUT2D eigenvalue weighted by Crippen LogP contribution is 2.42. The van der Waals surface area contributed by atoms with Gasteiger partial charge in [0.1, 0.15) is 29.3 Å². The van der Waals surface area contributed by atoms with Crippen LogP contribution >= 0.6 is 0 Å². The van der Waals surface area contributed by atoms with E-state index in [1.54, 1.807) is 18.2 Å². The number of nitrogens with zero attached hydrogens (tertiary/aromatic N) is 5. The standard InChI is InChI=1S/C42H53FN6O6/c1-41(2,3)55-40(52)44-16-19-53-25-31(51)24-49-28-10-11-29(49)23-47(22-28)38-34-13-12-33(35-21-30(50)20-27-8-4-5-9-32(27)35)36(43)37(34)45-39(46-38)54-26-42-14-6-17-48(42)18-7-15-42/h4-5,8-9,12-13,20-21,28-29,31,50-51H,6-7,10-11,14-19,22-26H2,1-3H3,(H,44,52). The molecule has 2 bridgehead atoms. The Kier molecular flexibility index (Phi) is 10.5. The van der Waals surface area contributed by atoms with Crippen molar-refractivity contribution in [3.05, 3.63) is 54.3 Å². The molecule has 294 valence electrons. The Morgan fingerprint density at radius 2 is 1.76 bits per heavy atom. The van der Waals surface area contributed by atoms with E-state index in [4.69, 9.17) is 24.2 Å². The number of anilines is 1. The van der Waals surface area contributed by atoms with E-state index in [2.05, 4.69) is 20.0 Å². The van der Waals surface area contributed by atoms with E-state index in [0.29, 0.717) is 48.6 Å². The van der Waals surface area contributed by atoms with Crippen molar-refractivity contribution in [2.24, 2.45) is 0 Å². The van der Waals surface area contributed by atoms with E-state index in [0.717, 1.165) is 62.4 Å². The summed E-state index contributed by atoms with van der Waals surface area (Å²) in [6, 6.07) is 15.1. The number of carbonyl (C=O) groups is 1. The maximum absolute atomic E-state index is 17.0. The van der Waals surface area contributed by atoms with Gasteiger partial charge in [-0.25, -0.2) is 9.18 Å². The Bertz CT molecular complexity index is 2020. The number of aliphatic hydroxyl groups excluding tert-OH is 1. The van der Waals surface area contributed by atoms with Gasteiger partial charge >= 0.3 is 12.1 Å². The lowest BCUT2D eigenvalue weighted by Gasteiger charge is -2.42. The molecule has 3 N–H and O–H groups in total. The summed E-state index contributed by atoms with van der Waals surface area (Å²) < 4.78 is 34.4. The maximum Gasteiger partial charge on any atom is 0.407 e. The molecular formula is C42H53FN6O6. The zero-order valence-electron chi connectivity index (χ0n) is 32.1. The molecule has 4 fully saturated rings. The largest absolute Gasteiger partial charge is 0.508 e. The molecule has 1 aromatic heterocycles. The lowest BCUT2D eigenvalue weighted by atomic mass is 9.95. The number of aliphatic hydroxyl groups is 1. The Morgan fingerprint density at radius 1 is 1.02 bits per heavy atom. The fourth-order valence-electron chi connectivity index (χ4n) is 9.33. The minimum Gasteiger partial charge on any atom is -0.508 e. The van der Waals surface area contributed by atoms with Crippen LogP contribution in [0, 0.1) is 5.82 Å². The van der Waals surface area contributed by atoms with Gasteiger partial charge in [0.15, 0.2) is 5.82 Å². The molecule has 0 aliphatic carbocycles. The molecule has 55 heavy (non-hydrogen) atoms. The van der Waals surface area contributed by atoms with Gasteiger partial charge in [-0.2, -0.15) is 9.97 Å². The van der Waals surface area contributed by atoms with Crippen LogP contribution in [-0.2, 0) is 9.47 Å². The molecule has 8 rings (SSSR count). The number of benzene rings is 3. The van der Waals surface area contributed by atoms with Gasteiger partial charge in [-0.3, -0.25) is 9.80 Å². The highest BCUT2D eigenvalue weighted by atomic mass is 19.1. The highest BCUT2D eigenvalue weighted by molar-refractivity contribution is 6.01. The van der Waals surface area contributed by atoms with Crippen molar-refractivity contribution in [3.8, 4) is 22.9 Å². The number of hydrogen-bond donors (Lipinski definition) is 3. The zero-order valence-corrected chi connectivity index (χ0v) is 32.1. The van der Waals surface area contributed by atoms with Crippen LogP contribution in [-0.4, -0.2) is 124 Å². The summed E-state index contributed by atoms with van der Waals surface area (Å²) in [5, 5.41) is 26.5. The first-order chi connectivity index (χ1) is 26.5. The number of phenols is 1. The normalized spacial score (nSPS) is 21.7. The predicted octanol–water partition coefficient (Wildman–Crippen LogP) is 5.86. The number of fused-ring (bicyclic) bond motifs is 5. The van der Waals surface area contributed by atoms with Crippen LogP contribution in [0.3, 0.4) is 0 Å². The van der Waals surface area contributed by atoms with Gasteiger partial charge in [0.25, 0.3) is 0 Å². The third-order valence-corrected chi connectivity index (χ3v) is 11.8. The number of carbonyl (C=O) groups excluding carboxylic acids is 1. The van der Waals surface area contributed by atoms with Gasteiger partial charge in [0, 0.05) is 49.2 Å². The van der Waals surface area contributed by atoms with E-state index in [-0.39, 0.29) is 54.7 Å². The number of alkyl carbamates (subject to hydrolysis) is 1. The lowest BCUT2D eigenvalue weighted by Crippen LogP contribution is -2.56. The summed E-state index contributed by atoms with van der Waals surface area (Å²) in [5.74, 6) is 0.239. The third-order valence-electron chi connectivity index (χ3n) is 11.8. The monoisotopic (exact) mass is 756 g/mol. The molecule has 5 heterocycles. The summed E-state index contributed by atoms with van der Waals surface area (Å²) in [5.41, 5.74) is 0.548. The molecule has 3 unspecified atom stereocenters. The summed E-state index contributed by atoms with van der Waals surface area (Å²) in [7, 11) is 0. The Labute approximate surface area is 321 Å². The van der Waals surface area contributed by atoms with Crippen LogP contribution in [0.25, 0.3) is 32.8 Å².